The first-order valence-electron chi connectivity index (χ1n) is 15.2. The minimum absolute atomic E-state index is 0.0487. The highest BCUT2D eigenvalue weighted by molar-refractivity contribution is 5.84. The Labute approximate surface area is 245 Å². The lowest BCUT2D eigenvalue weighted by molar-refractivity contribution is -0.124. The summed E-state index contributed by atoms with van der Waals surface area (Å²) in [5.41, 5.74) is 5.99. The van der Waals surface area contributed by atoms with Crippen LogP contribution >= 0.6 is 0 Å². The molecular formula is C34H40N4O4. The molecule has 220 valence electrons. The van der Waals surface area contributed by atoms with Crippen LogP contribution in [0.3, 0.4) is 0 Å². The van der Waals surface area contributed by atoms with Crippen molar-refractivity contribution < 1.29 is 9.90 Å². The van der Waals surface area contributed by atoms with Crippen LogP contribution in [0.5, 0.6) is 0 Å². The first kappa shape index (κ1) is 28.2. The topological polar surface area (TPSA) is 98.3 Å². The standard InChI is InChI=1S/C34H40N4O4/c1-36-30-26-14-8-9-15-28(26)38(31(30)33(41)37(2)34(36)42)20-22-16-18-25(19-17-22)29(24-12-6-7-13-24)32(40)35-27(21-39)23-10-4-3-5-11-23/h3-5,10-11,16-19,24,27,29,39H,6-9,12-15,20-21H2,1-2H3,(H,35,40)/t27-,29?/m0/s1. The number of aromatic nitrogens is 3. The van der Waals surface area contributed by atoms with Gasteiger partial charge in [0.05, 0.1) is 24.1 Å². The van der Waals surface area contributed by atoms with Gasteiger partial charge in [0.15, 0.2) is 0 Å². The van der Waals surface area contributed by atoms with Gasteiger partial charge in [-0.3, -0.25) is 18.7 Å². The summed E-state index contributed by atoms with van der Waals surface area (Å²) in [6.07, 6.45) is 8.14. The number of aliphatic hydroxyl groups excluding tert-OH is 1. The lowest BCUT2D eigenvalue weighted by Crippen LogP contribution is -2.37. The van der Waals surface area contributed by atoms with Gasteiger partial charge in [-0.15, -0.1) is 0 Å². The van der Waals surface area contributed by atoms with E-state index in [1.807, 2.05) is 30.3 Å². The van der Waals surface area contributed by atoms with E-state index in [0.717, 1.165) is 84.8 Å². The van der Waals surface area contributed by atoms with Crippen LogP contribution in [0.1, 0.15) is 78.4 Å². The molecule has 8 nitrogen and oxygen atoms in total. The van der Waals surface area contributed by atoms with Crippen molar-refractivity contribution in [2.45, 2.75) is 69.9 Å². The van der Waals surface area contributed by atoms with E-state index in [2.05, 4.69) is 34.1 Å². The van der Waals surface area contributed by atoms with Gasteiger partial charge in [-0.05, 0) is 66.7 Å². The number of amides is 1. The molecule has 1 amide bonds. The maximum Gasteiger partial charge on any atom is 0.331 e. The molecule has 2 aromatic heterocycles. The highest BCUT2D eigenvalue weighted by Gasteiger charge is 2.33. The van der Waals surface area contributed by atoms with Gasteiger partial charge in [0.25, 0.3) is 5.56 Å². The fraction of sp³-hybridized carbons (Fsp3) is 0.441. The first-order valence-corrected chi connectivity index (χ1v) is 15.2. The van der Waals surface area contributed by atoms with Gasteiger partial charge in [-0.1, -0.05) is 67.4 Å². The maximum atomic E-state index is 13.8. The molecule has 0 aliphatic heterocycles. The van der Waals surface area contributed by atoms with Crippen LogP contribution in [0, 0.1) is 5.92 Å². The molecule has 1 saturated carbocycles. The Balaban J connectivity index is 1.32. The first-order chi connectivity index (χ1) is 20.4. The lowest BCUT2D eigenvalue weighted by Gasteiger charge is -2.26. The largest absolute Gasteiger partial charge is 0.394 e. The van der Waals surface area contributed by atoms with Crippen molar-refractivity contribution in [3.8, 4) is 0 Å². The fourth-order valence-corrected chi connectivity index (χ4v) is 7.29. The predicted octanol–water partition coefficient (Wildman–Crippen LogP) is 4.09. The highest BCUT2D eigenvalue weighted by Crippen LogP contribution is 2.38. The number of aryl methyl sites for hydroxylation is 2. The Hall–Kier alpha value is -3.91. The summed E-state index contributed by atoms with van der Waals surface area (Å²) < 4.78 is 4.95. The zero-order valence-corrected chi connectivity index (χ0v) is 24.5. The maximum absolute atomic E-state index is 13.8. The molecule has 8 heteroatoms. The molecule has 2 atom stereocenters. The number of rotatable bonds is 8. The van der Waals surface area contributed by atoms with Crippen molar-refractivity contribution in [3.05, 3.63) is 103 Å². The molecule has 2 aliphatic carbocycles. The molecule has 2 aromatic carbocycles. The van der Waals surface area contributed by atoms with E-state index in [-0.39, 0.29) is 35.6 Å². The molecule has 0 saturated heterocycles. The van der Waals surface area contributed by atoms with Gasteiger partial charge < -0.3 is 15.0 Å². The second kappa shape index (κ2) is 11.8. The van der Waals surface area contributed by atoms with Gasteiger partial charge in [0.2, 0.25) is 5.91 Å². The van der Waals surface area contributed by atoms with Crippen molar-refractivity contribution in [3.63, 3.8) is 0 Å². The van der Waals surface area contributed by atoms with E-state index >= 15 is 0 Å². The molecule has 42 heavy (non-hydrogen) atoms. The smallest absolute Gasteiger partial charge is 0.331 e. The SMILES string of the molecule is Cn1c(=O)c2c(c3c(n2Cc2ccc(C(C(=O)N[C@@H](CO)c4ccccc4)C4CCCC4)cc2)CCCC3)n(C)c1=O. The molecule has 1 fully saturated rings. The van der Waals surface area contributed by atoms with Gasteiger partial charge in [-0.25, -0.2) is 4.79 Å². The van der Waals surface area contributed by atoms with Crippen molar-refractivity contribution in [1.29, 1.82) is 0 Å². The number of fused-ring (bicyclic) bond motifs is 3. The summed E-state index contributed by atoms with van der Waals surface area (Å²) in [6.45, 7) is 0.368. The van der Waals surface area contributed by atoms with Crippen LogP contribution in [0.15, 0.2) is 64.2 Å². The number of aliphatic hydroxyl groups is 1. The molecule has 0 bridgehead atoms. The number of nitrogens with zero attached hydrogens (tertiary/aromatic N) is 3. The normalized spacial score (nSPS) is 16.8. The minimum Gasteiger partial charge on any atom is -0.394 e. The average Bonchev–Trinajstić information content (AvgIpc) is 3.66. The molecule has 6 rings (SSSR count). The summed E-state index contributed by atoms with van der Waals surface area (Å²) in [4.78, 5) is 39.9. The molecule has 0 spiro atoms. The zero-order valence-electron chi connectivity index (χ0n) is 24.5. The van der Waals surface area contributed by atoms with Gasteiger partial charge >= 0.3 is 5.69 Å². The molecular weight excluding hydrogens is 528 g/mol. The second-order valence-electron chi connectivity index (χ2n) is 12.0. The summed E-state index contributed by atoms with van der Waals surface area (Å²) in [5, 5.41) is 13.2. The van der Waals surface area contributed by atoms with E-state index in [1.54, 1.807) is 18.7 Å². The van der Waals surface area contributed by atoms with Gasteiger partial charge in [-0.2, -0.15) is 0 Å². The van der Waals surface area contributed by atoms with Crippen molar-refractivity contribution in [2.24, 2.45) is 20.0 Å². The molecule has 1 unspecified atom stereocenters. The Morgan fingerprint density at radius 2 is 1.57 bits per heavy atom. The third kappa shape index (κ3) is 5.02. The summed E-state index contributed by atoms with van der Waals surface area (Å²) >= 11 is 0. The second-order valence-corrected chi connectivity index (χ2v) is 12.0. The van der Waals surface area contributed by atoms with Crippen molar-refractivity contribution in [1.82, 2.24) is 19.0 Å². The van der Waals surface area contributed by atoms with E-state index in [1.165, 1.54) is 4.57 Å². The Kier molecular flexibility index (Phi) is 7.90. The fourth-order valence-electron chi connectivity index (χ4n) is 7.29. The Morgan fingerprint density at radius 1 is 0.881 bits per heavy atom. The molecule has 2 heterocycles. The van der Waals surface area contributed by atoms with Crippen LogP contribution in [0.25, 0.3) is 11.0 Å². The third-order valence-electron chi connectivity index (χ3n) is 9.50. The van der Waals surface area contributed by atoms with E-state index in [0.29, 0.717) is 12.1 Å². The Bertz CT molecular complexity index is 1710. The summed E-state index contributed by atoms with van der Waals surface area (Å²) in [6, 6.07) is 17.4. The van der Waals surface area contributed by atoms with Crippen molar-refractivity contribution >= 4 is 16.9 Å². The van der Waals surface area contributed by atoms with Crippen LogP contribution in [0.2, 0.25) is 0 Å². The molecule has 0 radical (unpaired) electrons. The average molecular weight is 569 g/mol. The Morgan fingerprint density at radius 3 is 2.26 bits per heavy atom. The van der Waals surface area contributed by atoms with Crippen LogP contribution in [-0.4, -0.2) is 31.3 Å². The van der Waals surface area contributed by atoms with Crippen molar-refractivity contribution in [2.75, 3.05) is 6.61 Å². The summed E-state index contributed by atoms with van der Waals surface area (Å²) in [5.74, 6) is -0.0792. The quantitative estimate of drug-likeness (QED) is 0.335. The zero-order chi connectivity index (χ0) is 29.4. The molecule has 4 aromatic rings. The number of carbonyl (C=O) groups is 1. The molecule has 2 aliphatic rings. The van der Waals surface area contributed by atoms with Gasteiger partial charge in [0, 0.05) is 26.3 Å². The van der Waals surface area contributed by atoms with E-state index in [9.17, 15) is 19.5 Å². The van der Waals surface area contributed by atoms with Gasteiger partial charge in [0.1, 0.15) is 5.52 Å². The third-order valence-corrected chi connectivity index (χ3v) is 9.50. The monoisotopic (exact) mass is 568 g/mol. The summed E-state index contributed by atoms with van der Waals surface area (Å²) in [7, 11) is 3.30. The molecule has 2 N–H and O–H groups in total. The minimum atomic E-state index is -0.450. The highest BCUT2D eigenvalue weighted by atomic mass is 16.3. The number of nitrogens with one attached hydrogen (secondary N) is 1. The predicted molar refractivity (Wildman–Crippen MR) is 164 cm³/mol. The number of benzene rings is 2. The van der Waals surface area contributed by atoms with E-state index < -0.39 is 6.04 Å². The lowest BCUT2D eigenvalue weighted by atomic mass is 9.83. The number of hydrogen-bond donors (Lipinski definition) is 2. The number of hydrogen-bond acceptors (Lipinski definition) is 4. The van der Waals surface area contributed by atoms with Crippen LogP contribution in [0.4, 0.5) is 0 Å². The van der Waals surface area contributed by atoms with Crippen LogP contribution < -0.4 is 16.6 Å². The number of carbonyl (C=O) groups excluding carboxylic acids is 1. The van der Waals surface area contributed by atoms with E-state index in [4.69, 9.17) is 0 Å². The van der Waals surface area contributed by atoms with Crippen LogP contribution in [-0.2, 0) is 38.3 Å².